The molecule has 0 spiro atoms. The molecular weight excluding hydrogens is 384 g/mol. The third-order valence-electron chi connectivity index (χ3n) is 4.32. The summed E-state index contributed by atoms with van der Waals surface area (Å²) in [4.78, 5) is 14.3. The monoisotopic (exact) mass is 411 g/mol. The summed E-state index contributed by atoms with van der Waals surface area (Å²) in [5, 5.41) is 11.9. The lowest BCUT2D eigenvalue weighted by Crippen LogP contribution is -2.23. The van der Waals surface area contributed by atoms with Crippen molar-refractivity contribution >= 4 is 23.4 Å². The number of nitrogens with zero attached hydrogens (tertiary/aromatic N) is 4. The number of halogens is 2. The molecule has 9 heteroatoms. The molecule has 0 saturated carbocycles. The third kappa shape index (κ3) is 5.75. The maximum atomic E-state index is 13.3. The highest BCUT2D eigenvalue weighted by atomic mass is 32.2. The Balaban J connectivity index is 2.08. The number of rotatable bonds is 10. The Labute approximate surface area is 168 Å². The zero-order valence-corrected chi connectivity index (χ0v) is 17.5. The predicted octanol–water partition coefficient (Wildman–Crippen LogP) is 4.10. The molecule has 2 aromatic rings. The van der Waals surface area contributed by atoms with E-state index in [-0.39, 0.29) is 23.4 Å². The van der Waals surface area contributed by atoms with E-state index < -0.39 is 11.6 Å². The second-order valence-corrected chi connectivity index (χ2v) is 7.64. The van der Waals surface area contributed by atoms with Crippen LogP contribution in [0, 0.1) is 11.6 Å². The molecule has 1 amide bonds. The van der Waals surface area contributed by atoms with Crippen LogP contribution >= 0.6 is 11.8 Å². The summed E-state index contributed by atoms with van der Waals surface area (Å²) < 4.78 is 28.3. The molecule has 2 rings (SSSR count). The number of hydrogen-bond donors (Lipinski definition) is 1. The second-order valence-electron chi connectivity index (χ2n) is 6.70. The Morgan fingerprint density at radius 3 is 2.61 bits per heavy atom. The van der Waals surface area contributed by atoms with Gasteiger partial charge in [-0.15, -0.1) is 10.2 Å². The standard InChI is InChI=1S/C19H27F2N5OS/c1-5-7-10-26-18(16(6-2)25(3)4)23-24-19(26)28-12-17(27)22-13-8-9-14(20)15(21)11-13/h8-9,11,16H,5-7,10,12H2,1-4H3,(H,22,27). The molecule has 1 aromatic carbocycles. The maximum absolute atomic E-state index is 13.3. The quantitative estimate of drug-likeness (QED) is 0.597. The van der Waals surface area contributed by atoms with Crippen molar-refractivity contribution in [2.75, 3.05) is 25.2 Å². The van der Waals surface area contributed by atoms with Crippen molar-refractivity contribution < 1.29 is 13.6 Å². The first-order chi connectivity index (χ1) is 13.4. The summed E-state index contributed by atoms with van der Waals surface area (Å²) in [5.41, 5.74) is 0.219. The first-order valence-corrected chi connectivity index (χ1v) is 10.3. The summed E-state index contributed by atoms with van der Waals surface area (Å²) in [6.45, 7) is 5.01. The minimum atomic E-state index is -0.997. The summed E-state index contributed by atoms with van der Waals surface area (Å²) >= 11 is 1.28. The van der Waals surface area contributed by atoms with Crippen LogP contribution in [0.5, 0.6) is 0 Å². The first-order valence-electron chi connectivity index (χ1n) is 9.34. The molecule has 1 aromatic heterocycles. The molecule has 0 aliphatic heterocycles. The van der Waals surface area contributed by atoms with Crippen LogP contribution in [0.4, 0.5) is 14.5 Å². The number of aromatic nitrogens is 3. The molecule has 0 bridgehead atoms. The van der Waals surface area contributed by atoms with Gasteiger partial charge in [0.2, 0.25) is 5.91 Å². The lowest BCUT2D eigenvalue weighted by Gasteiger charge is -2.23. The minimum absolute atomic E-state index is 0.0992. The fourth-order valence-electron chi connectivity index (χ4n) is 2.86. The molecule has 0 aliphatic carbocycles. The van der Waals surface area contributed by atoms with Gasteiger partial charge in [0.1, 0.15) is 0 Å². The van der Waals surface area contributed by atoms with Gasteiger partial charge in [-0.3, -0.25) is 9.69 Å². The smallest absolute Gasteiger partial charge is 0.234 e. The van der Waals surface area contributed by atoms with E-state index in [0.717, 1.165) is 43.8 Å². The first kappa shape index (κ1) is 22.3. The van der Waals surface area contributed by atoms with E-state index in [0.29, 0.717) is 5.16 Å². The Hall–Kier alpha value is -2.00. The largest absolute Gasteiger partial charge is 0.325 e. The van der Waals surface area contributed by atoms with Crippen molar-refractivity contribution in [2.24, 2.45) is 0 Å². The van der Waals surface area contributed by atoms with Crippen LogP contribution in [-0.2, 0) is 11.3 Å². The number of benzene rings is 1. The van der Waals surface area contributed by atoms with Crippen molar-refractivity contribution in [3.8, 4) is 0 Å². The summed E-state index contributed by atoms with van der Waals surface area (Å²) in [6.07, 6.45) is 2.93. The Bertz CT molecular complexity index is 797. The number of nitrogens with one attached hydrogen (secondary N) is 1. The number of thioether (sulfide) groups is 1. The molecule has 0 aliphatic rings. The van der Waals surface area contributed by atoms with Gasteiger partial charge in [-0.25, -0.2) is 8.78 Å². The van der Waals surface area contributed by atoms with Crippen molar-refractivity contribution in [3.05, 3.63) is 35.7 Å². The molecule has 0 fully saturated rings. The molecule has 1 unspecified atom stereocenters. The molecule has 154 valence electrons. The summed E-state index contributed by atoms with van der Waals surface area (Å²) in [6, 6.07) is 3.42. The Morgan fingerprint density at radius 2 is 2.00 bits per heavy atom. The predicted molar refractivity (Wildman–Crippen MR) is 107 cm³/mol. The average Bonchev–Trinajstić information content (AvgIpc) is 3.04. The third-order valence-corrected chi connectivity index (χ3v) is 5.29. The van der Waals surface area contributed by atoms with Gasteiger partial charge in [0.25, 0.3) is 0 Å². The van der Waals surface area contributed by atoms with Crippen LogP contribution in [0.2, 0.25) is 0 Å². The number of amides is 1. The van der Waals surface area contributed by atoms with Gasteiger partial charge in [-0.05, 0) is 39.1 Å². The number of hydrogen-bond acceptors (Lipinski definition) is 5. The van der Waals surface area contributed by atoms with E-state index in [1.807, 2.05) is 14.1 Å². The molecule has 6 nitrogen and oxygen atoms in total. The van der Waals surface area contributed by atoms with Gasteiger partial charge in [0.05, 0.1) is 11.8 Å². The van der Waals surface area contributed by atoms with E-state index >= 15 is 0 Å². The lowest BCUT2D eigenvalue weighted by atomic mass is 10.2. The highest BCUT2D eigenvalue weighted by Crippen LogP contribution is 2.26. The zero-order chi connectivity index (χ0) is 20.7. The van der Waals surface area contributed by atoms with Crippen LogP contribution in [-0.4, -0.2) is 45.4 Å². The van der Waals surface area contributed by atoms with Gasteiger partial charge in [0, 0.05) is 18.3 Å². The van der Waals surface area contributed by atoms with Crippen molar-refractivity contribution in [3.63, 3.8) is 0 Å². The van der Waals surface area contributed by atoms with E-state index in [1.165, 1.54) is 17.8 Å². The molecule has 0 saturated heterocycles. The average molecular weight is 412 g/mol. The van der Waals surface area contributed by atoms with Crippen LogP contribution in [0.25, 0.3) is 0 Å². The maximum Gasteiger partial charge on any atom is 0.234 e. The van der Waals surface area contributed by atoms with Crippen LogP contribution in [0.15, 0.2) is 23.4 Å². The van der Waals surface area contributed by atoms with E-state index in [1.54, 1.807) is 0 Å². The second kappa shape index (κ2) is 10.5. The van der Waals surface area contributed by atoms with Crippen LogP contribution in [0.1, 0.15) is 45.0 Å². The van der Waals surface area contributed by atoms with Gasteiger partial charge >= 0.3 is 0 Å². The molecule has 1 N–H and O–H groups in total. The van der Waals surface area contributed by atoms with Gasteiger partial charge in [0.15, 0.2) is 22.6 Å². The summed E-state index contributed by atoms with van der Waals surface area (Å²) in [5.74, 6) is -1.27. The highest BCUT2D eigenvalue weighted by molar-refractivity contribution is 7.99. The lowest BCUT2D eigenvalue weighted by molar-refractivity contribution is -0.113. The normalized spacial score (nSPS) is 12.4. The van der Waals surface area contributed by atoms with Crippen LogP contribution < -0.4 is 5.32 Å². The van der Waals surface area contributed by atoms with Crippen molar-refractivity contribution in [1.82, 2.24) is 19.7 Å². The highest BCUT2D eigenvalue weighted by Gasteiger charge is 2.22. The molecule has 1 atom stereocenters. The minimum Gasteiger partial charge on any atom is -0.325 e. The zero-order valence-electron chi connectivity index (χ0n) is 16.7. The van der Waals surface area contributed by atoms with Crippen LogP contribution in [0.3, 0.4) is 0 Å². The van der Waals surface area contributed by atoms with E-state index in [2.05, 4.69) is 38.8 Å². The SMILES string of the molecule is CCCCn1c(SCC(=O)Nc2ccc(F)c(F)c2)nnc1C(CC)N(C)C. The number of carbonyl (C=O) groups excluding carboxylic acids is 1. The Kier molecular flexibility index (Phi) is 8.37. The molecule has 28 heavy (non-hydrogen) atoms. The number of anilines is 1. The number of carbonyl (C=O) groups is 1. The van der Waals surface area contributed by atoms with Gasteiger partial charge in [-0.2, -0.15) is 0 Å². The molecule has 1 heterocycles. The topological polar surface area (TPSA) is 63.1 Å². The molecular formula is C19H27F2N5OS. The molecule has 0 radical (unpaired) electrons. The fourth-order valence-corrected chi connectivity index (χ4v) is 3.63. The van der Waals surface area contributed by atoms with Crippen molar-refractivity contribution in [1.29, 1.82) is 0 Å². The van der Waals surface area contributed by atoms with Gasteiger partial charge < -0.3 is 9.88 Å². The number of unbranched alkanes of at least 4 members (excludes halogenated alkanes) is 1. The van der Waals surface area contributed by atoms with E-state index in [9.17, 15) is 13.6 Å². The summed E-state index contributed by atoms with van der Waals surface area (Å²) in [7, 11) is 4.02. The Morgan fingerprint density at radius 1 is 1.25 bits per heavy atom. The van der Waals surface area contributed by atoms with Crippen molar-refractivity contribution in [2.45, 2.75) is 50.9 Å². The van der Waals surface area contributed by atoms with E-state index in [4.69, 9.17) is 0 Å². The van der Waals surface area contributed by atoms with Gasteiger partial charge in [-0.1, -0.05) is 32.0 Å². The fraction of sp³-hybridized carbons (Fsp3) is 0.526.